The van der Waals surface area contributed by atoms with Crippen molar-refractivity contribution in [3.8, 4) is 0 Å². The number of carbonyl (C=O) groups is 1. The maximum Gasteiger partial charge on any atom is 0.421 e. The Bertz CT molecular complexity index is 1130. The number of para-hydroxylation sites is 1. The number of aldehydes is 1. The van der Waals surface area contributed by atoms with Gasteiger partial charge in [0.05, 0.1) is 15.8 Å². The van der Waals surface area contributed by atoms with Crippen molar-refractivity contribution >= 4 is 33.6 Å². The molecule has 1 unspecified atom stereocenters. The number of aliphatic hydroxyl groups is 1. The van der Waals surface area contributed by atoms with Gasteiger partial charge >= 0.3 is 6.18 Å². The van der Waals surface area contributed by atoms with Gasteiger partial charge in [-0.25, -0.2) is 13.4 Å². The molecule has 0 aliphatic carbocycles. The van der Waals surface area contributed by atoms with Crippen molar-refractivity contribution in [2.75, 3.05) is 23.7 Å². The number of sulfone groups is 1. The zero-order valence-electron chi connectivity index (χ0n) is 18.6. The number of anilines is 3. The van der Waals surface area contributed by atoms with E-state index in [1.165, 1.54) is 43.0 Å². The largest absolute Gasteiger partial charge is 0.421 e. The lowest BCUT2D eigenvalue weighted by atomic mass is 10.1. The number of nitrogens with zero attached hydrogens (tertiary/aromatic N) is 3. The summed E-state index contributed by atoms with van der Waals surface area (Å²) < 4.78 is 66.4. The second-order valence-electron chi connectivity index (χ2n) is 8.20. The molecule has 2 atom stereocenters. The van der Waals surface area contributed by atoms with Crippen LogP contribution in [0.25, 0.3) is 0 Å². The molecule has 1 aromatic heterocycles. The van der Waals surface area contributed by atoms with Crippen LogP contribution in [0.5, 0.6) is 0 Å². The smallest absolute Gasteiger partial charge is 0.371 e. The molecule has 3 N–H and O–H groups in total. The van der Waals surface area contributed by atoms with Crippen molar-refractivity contribution in [3.63, 3.8) is 0 Å². The number of alkyl halides is 3. The minimum Gasteiger partial charge on any atom is -0.371 e. The second kappa shape index (κ2) is 10.2. The van der Waals surface area contributed by atoms with Crippen LogP contribution in [0.2, 0.25) is 0 Å². The number of rotatable bonds is 8. The molecule has 34 heavy (non-hydrogen) atoms. The van der Waals surface area contributed by atoms with Gasteiger partial charge in [0.25, 0.3) is 0 Å². The SMILES string of the molecule is CC(C)S(=O)(=O)c1ccccc1Nc1nc(NC2CCCN([C@@H](O)C=O)C2)ncc1C(F)(F)F. The van der Waals surface area contributed by atoms with E-state index in [4.69, 9.17) is 0 Å². The van der Waals surface area contributed by atoms with Gasteiger partial charge < -0.3 is 15.7 Å². The lowest BCUT2D eigenvalue weighted by Crippen LogP contribution is -2.47. The fraction of sp³-hybridized carbons (Fsp3) is 0.476. The Kier molecular flexibility index (Phi) is 7.78. The van der Waals surface area contributed by atoms with Crippen LogP contribution in [0, 0.1) is 0 Å². The molecule has 186 valence electrons. The first kappa shape index (κ1) is 25.8. The number of hydrogen-bond acceptors (Lipinski definition) is 9. The van der Waals surface area contributed by atoms with Crippen molar-refractivity contribution in [2.24, 2.45) is 0 Å². The van der Waals surface area contributed by atoms with E-state index in [-0.39, 0.29) is 29.1 Å². The molecule has 13 heteroatoms. The standard InChI is InChI=1S/C21H26F3N5O4S/c1-13(2)34(32,33)17-8-4-3-7-16(17)27-19-15(21(22,23)24)10-25-20(28-19)26-14-6-5-9-29(11-14)18(31)12-30/h3-4,7-8,10,12-14,18,31H,5-6,9,11H2,1-2H3,(H2,25,26,27,28)/t14?,18-/m0/s1. The lowest BCUT2D eigenvalue weighted by Gasteiger charge is -2.34. The zero-order chi connectivity index (χ0) is 25.1. The quantitative estimate of drug-likeness (QED) is 0.468. The van der Waals surface area contributed by atoms with Gasteiger partial charge in [0, 0.05) is 25.3 Å². The Hall–Kier alpha value is -2.77. The normalized spacial score (nSPS) is 18.5. The average Bonchev–Trinajstić information content (AvgIpc) is 2.78. The van der Waals surface area contributed by atoms with Crippen LogP contribution in [0.1, 0.15) is 32.3 Å². The van der Waals surface area contributed by atoms with Crippen LogP contribution in [0.15, 0.2) is 35.4 Å². The number of hydrogen-bond donors (Lipinski definition) is 3. The Labute approximate surface area is 195 Å². The first-order chi connectivity index (χ1) is 15.9. The van der Waals surface area contributed by atoms with Crippen molar-refractivity contribution in [2.45, 2.75) is 55.3 Å². The highest BCUT2D eigenvalue weighted by molar-refractivity contribution is 7.92. The first-order valence-corrected chi connectivity index (χ1v) is 12.2. The summed E-state index contributed by atoms with van der Waals surface area (Å²) in [5, 5.41) is 14.4. The topological polar surface area (TPSA) is 125 Å². The van der Waals surface area contributed by atoms with Gasteiger partial charge in [0.2, 0.25) is 5.95 Å². The van der Waals surface area contributed by atoms with Crippen molar-refractivity contribution in [1.29, 1.82) is 0 Å². The predicted molar refractivity (Wildman–Crippen MR) is 119 cm³/mol. The fourth-order valence-electron chi connectivity index (χ4n) is 3.59. The van der Waals surface area contributed by atoms with Crippen LogP contribution in [-0.2, 0) is 20.8 Å². The first-order valence-electron chi connectivity index (χ1n) is 10.6. The Morgan fingerprint density at radius 1 is 1.26 bits per heavy atom. The molecule has 1 aliphatic rings. The van der Waals surface area contributed by atoms with Crippen molar-refractivity contribution in [3.05, 3.63) is 36.0 Å². The molecule has 0 radical (unpaired) electrons. The molecule has 0 spiro atoms. The number of nitrogens with one attached hydrogen (secondary N) is 2. The van der Waals surface area contributed by atoms with Crippen LogP contribution in [0.4, 0.5) is 30.6 Å². The van der Waals surface area contributed by atoms with Gasteiger partial charge in [-0.3, -0.25) is 9.69 Å². The molecule has 9 nitrogen and oxygen atoms in total. The van der Waals surface area contributed by atoms with Crippen molar-refractivity contribution < 1.29 is 31.5 Å². The molecule has 0 saturated carbocycles. The molecule has 1 aromatic carbocycles. The summed E-state index contributed by atoms with van der Waals surface area (Å²) in [6.07, 6.45) is -3.75. The van der Waals surface area contributed by atoms with Gasteiger partial charge in [0.1, 0.15) is 11.4 Å². The van der Waals surface area contributed by atoms with Crippen LogP contribution in [-0.4, -0.2) is 65.3 Å². The summed E-state index contributed by atoms with van der Waals surface area (Å²) in [7, 11) is -3.79. The molecule has 1 saturated heterocycles. The molecule has 0 bridgehead atoms. The molecular weight excluding hydrogens is 475 g/mol. The summed E-state index contributed by atoms with van der Waals surface area (Å²) in [6.45, 7) is 3.73. The number of halogens is 3. The highest BCUT2D eigenvalue weighted by atomic mass is 32.2. The third kappa shape index (κ3) is 5.83. The van der Waals surface area contributed by atoms with Crippen LogP contribution < -0.4 is 10.6 Å². The maximum absolute atomic E-state index is 13.7. The van der Waals surface area contributed by atoms with E-state index in [1.54, 1.807) is 0 Å². The number of carbonyl (C=O) groups excluding carboxylic acids is 1. The van der Waals surface area contributed by atoms with E-state index in [2.05, 4.69) is 20.6 Å². The molecular formula is C21H26F3N5O4S. The van der Waals surface area contributed by atoms with Gasteiger partial charge in [0.15, 0.2) is 22.4 Å². The summed E-state index contributed by atoms with van der Waals surface area (Å²) in [4.78, 5) is 20.0. The molecule has 1 aliphatic heterocycles. The third-order valence-corrected chi connectivity index (χ3v) is 7.65. The number of piperidine rings is 1. The van der Waals surface area contributed by atoms with Crippen molar-refractivity contribution in [1.82, 2.24) is 14.9 Å². The van der Waals surface area contributed by atoms with E-state index >= 15 is 0 Å². The zero-order valence-corrected chi connectivity index (χ0v) is 19.4. The third-order valence-electron chi connectivity index (χ3n) is 5.44. The average molecular weight is 502 g/mol. The number of benzene rings is 1. The van der Waals surface area contributed by atoms with E-state index in [0.717, 1.165) is 0 Å². The molecule has 0 amide bonds. The highest BCUT2D eigenvalue weighted by Crippen LogP contribution is 2.36. The van der Waals surface area contributed by atoms with Crippen LogP contribution >= 0.6 is 0 Å². The fourth-order valence-corrected chi connectivity index (χ4v) is 4.79. The van der Waals surface area contributed by atoms with Gasteiger partial charge in [-0.1, -0.05) is 12.1 Å². The minimum atomic E-state index is -4.79. The van der Waals surface area contributed by atoms with Gasteiger partial charge in [-0.15, -0.1) is 0 Å². The molecule has 3 rings (SSSR count). The summed E-state index contributed by atoms with van der Waals surface area (Å²) in [6, 6.07) is 5.36. The number of aromatic nitrogens is 2. The lowest BCUT2D eigenvalue weighted by molar-refractivity contribution is -0.137. The van der Waals surface area contributed by atoms with Gasteiger partial charge in [-0.05, 0) is 38.8 Å². The molecule has 2 heterocycles. The predicted octanol–water partition coefficient (Wildman–Crippen LogP) is 2.81. The number of likely N-dealkylation sites (tertiary alicyclic amines) is 1. The Morgan fingerprint density at radius 2 is 1.97 bits per heavy atom. The highest BCUT2D eigenvalue weighted by Gasteiger charge is 2.36. The summed E-state index contributed by atoms with van der Waals surface area (Å²) in [5.74, 6) is -0.705. The second-order valence-corrected chi connectivity index (χ2v) is 10.7. The van der Waals surface area contributed by atoms with E-state index in [9.17, 15) is 31.5 Å². The monoisotopic (exact) mass is 501 g/mol. The van der Waals surface area contributed by atoms with E-state index < -0.39 is 38.9 Å². The summed E-state index contributed by atoms with van der Waals surface area (Å²) >= 11 is 0. The Morgan fingerprint density at radius 3 is 2.62 bits per heavy atom. The minimum absolute atomic E-state index is 0.0377. The number of aliphatic hydroxyl groups excluding tert-OH is 1. The summed E-state index contributed by atoms with van der Waals surface area (Å²) in [5.41, 5.74) is -1.19. The molecule has 2 aromatic rings. The van der Waals surface area contributed by atoms with E-state index in [0.29, 0.717) is 31.9 Å². The Balaban J connectivity index is 1.94. The van der Waals surface area contributed by atoms with Crippen LogP contribution in [0.3, 0.4) is 0 Å². The maximum atomic E-state index is 13.7. The van der Waals surface area contributed by atoms with Gasteiger partial charge in [-0.2, -0.15) is 18.2 Å². The van der Waals surface area contributed by atoms with E-state index in [1.807, 2.05) is 0 Å². The molecule has 1 fully saturated rings.